The second-order valence-corrected chi connectivity index (χ2v) is 8.79. The molecule has 0 atom stereocenters. The summed E-state index contributed by atoms with van der Waals surface area (Å²) in [5.41, 5.74) is 4.71. The molecule has 0 unspecified atom stereocenters. The second-order valence-electron chi connectivity index (χ2n) is 8.79. The van der Waals surface area contributed by atoms with Crippen molar-refractivity contribution in [3.8, 4) is 22.6 Å². The molecule has 0 saturated heterocycles. The molecule has 0 fully saturated rings. The van der Waals surface area contributed by atoms with E-state index in [4.69, 9.17) is 9.72 Å². The largest absolute Gasteiger partial charge is 0.465 e. The second kappa shape index (κ2) is 10.1. The summed E-state index contributed by atoms with van der Waals surface area (Å²) in [6.45, 7) is 2.04. The Bertz CT molecular complexity index is 1440. The van der Waals surface area contributed by atoms with Gasteiger partial charge in [0.25, 0.3) is 0 Å². The minimum absolute atomic E-state index is 0.395. The van der Waals surface area contributed by atoms with Crippen LogP contribution < -0.4 is 0 Å². The summed E-state index contributed by atoms with van der Waals surface area (Å²) in [6, 6.07) is 17.9. The molecule has 188 valence electrons. The highest BCUT2D eigenvalue weighted by molar-refractivity contribution is 5.90. The third-order valence-corrected chi connectivity index (χ3v) is 6.26. The van der Waals surface area contributed by atoms with E-state index in [1.54, 1.807) is 24.4 Å². The zero-order valence-electron chi connectivity index (χ0n) is 20.0. The molecule has 6 nitrogen and oxygen atoms in total. The van der Waals surface area contributed by atoms with Gasteiger partial charge in [0.05, 0.1) is 35.3 Å². The first-order chi connectivity index (χ1) is 17.8. The fourth-order valence-corrected chi connectivity index (χ4v) is 4.34. The van der Waals surface area contributed by atoms with E-state index in [1.165, 1.54) is 19.2 Å². The topological polar surface area (TPSA) is 68.2 Å². The Balaban J connectivity index is 1.29. The minimum atomic E-state index is -4.37. The number of alkyl halides is 3. The monoisotopic (exact) mass is 504 g/mol. The smallest absolute Gasteiger partial charge is 0.416 e. The van der Waals surface area contributed by atoms with Crippen LogP contribution in [-0.2, 0) is 30.4 Å². The van der Waals surface area contributed by atoms with Crippen LogP contribution in [0.25, 0.3) is 22.6 Å². The molecule has 0 bridgehead atoms. The number of rotatable bonds is 5. The predicted molar refractivity (Wildman–Crippen MR) is 131 cm³/mol. The molecule has 0 radical (unpaired) electrons. The molecule has 37 heavy (non-hydrogen) atoms. The van der Waals surface area contributed by atoms with Crippen LogP contribution in [-0.4, -0.2) is 39.5 Å². The number of pyridine rings is 1. The van der Waals surface area contributed by atoms with Crippen LogP contribution in [0.1, 0.15) is 32.9 Å². The lowest BCUT2D eigenvalue weighted by Gasteiger charge is -2.27. The van der Waals surface area contributed by atoms with Crippen molar-refractivity contribution < 1.29 is 22.7 Å². The molecule has 9 heteroatoms. The molecule has 0 spiro atoms. The van der Waals surface area contributed by atoms with Crippen LogP contribution in [0.5, 0.6) is 0 Å². The number of hydrogen-bond donors (Lipinski definition) is 0. The van der Waals surface area contributed by atoms with E-state index >= 15 is 0 Å². The van der Waals surface area contributed by atoms with Crippen LogP contribution in [0.4, 0.5) is 13.2 Å². The number of carbonyl (C=O) groups is 1. The van der Waals surface area contributed by atoms with E-state index in [0.717, 1.165) is 46.9 Å². The number of ether oxygens (including phenoxy) is 1. The molecule has 5 rings (SSSR count). The van der Waals surface area contributed by atoms with Gasteiger partial charge in [-0.05, 0) is 36.4 Å². The summed E-state index contributed by atoms with van der Waals surface area (Å²) in [4.78, 5) is 28.0. The van der Waals surface area contributed by atoms with Crippen molar-refractivity contribution in [3.05, 3.63) is 101 Å². The highest BCUT2D eigenvalue weighted by Gasteiger charge is 2.30. The maximum Gasteiger partial charge on any atom is 0.416 e. The number of hydrogen-bond acceptors (Lipinski definition) is 6. The van der Waals surface area contributed by atoms with Crippen LogP contribution >= 0.6 is 0 Å². The third kappa shape index (κ3) is 5.51. The minimum Gasteiger partial charge on any atom is -0.465 e. The lowest BCUT2D eigenvalue weighted by atomic mass is 10.1. The Hall–Kier alpha value is -4.11. The van der Waals surface area contributed by atoms with Crippen molar-refractivity contribution >= 4 is 5.97 Å². The standard InChI is InChI=1S/C28H23F3N4O2/c1-37-27(36)20-5-2-4-19(14-20)24-7-3-6-23(33-24)17-35-13-12-25-21(16-35)15-32-26(34-25)18-8-10-22(11-9-18)28(29,30)31/h2-11,14-15H,12-13,16-17H2,1H3. The highest BCUT2D eigenvalue weighted by atomic mass is 19.4. The van der Waals surface area contributed by atoms with Crippen LogP contribution in [0, 0.1) is 0 Å². The predicted octanol–water partition coefficient (Wildman–Crippen LogP) is 5.57. The first kappa shape index (κ1) is 24.6. The quantitative estimate of drug-likeness (QED) is 0.331. The number of fused-ring (bicyclic) bond motifs is 1. The molecule has 3 heterocycles. The summed E-state index contributed by atoms with van der Waals surface area (Å²) in [6.07, 6.45) is -1.92. The lowest BCUT2D eigenvalue weighted by Crippen LogP contribution is -2.31. The van der Waals surface area contributed by atoms with Gasteiger partial charge in [-0.3, -0.25) is 9.88 Å². The highest BCUT2D eigenvalue weighted by Crippen LogP contribution is 2.31. The van der Waals surface area contributed by atoms with Crippen molar-refractivity contribution in [1.29, 1.82) is 0 Å². The number of carbonyl (C=O) groups excluding carboxylic acids is 1. The van der Waals surface area contributed by atoms with Gasteiger partial charge in [-0.15, -0.1) is 0 Å². The number of esters is 1. The first-order valence-corrected chi connectivity index (χ1v) is 11.7. The summed E-state index contributed by atoms with van der Waals surface area (Å²) in [7, 11) is 1.35. The summed E-state index contributed by atoms with van der Waals surface area (Å²) in [5, 5.41) is 0. The van der Waals surface area contributed by atoms with E-state index in [-0.39, 0.29) is 0 Å². The number of benzene rings is 2. The van der Waals surface area contributed by atoms with Gasteiger partial charge in [0.1, 0.15) is 0 Å². The maximum absolute atomic E-state index is 12.8. The molecule has 4 aromatic rings. The van der Waals surface area contributed by atoms with Crippen molar-refractivity contribution in [2.45, 2.75) is 25.7 Å². The molecule has 0 saturated carbocycles. The molecule has 2 aromatic heterocycles. The van der Waals surface area contributed by atoms with Crippen molar-refractivity contribution in [1.82, 2.24) is 19.9 Å². The lowest BCUT2D eigenvalue weighted by molar-refractivity contribution is -0.137. The Morgan fingerprint density at radius 2 is 1.78 bits per heavy atom. The number of halogens is 3. The molecular weight excluding hydrogens is 481 g/mol. The van der Waals surface area contributed by atoms with Gasteiger partial charge in [-0.2, -0.15) is 13.2 Å². The van der Waals surface area contributed by atoms with Gasteiger partial charge < -0.3 is 4.74 Å². The molecular formula is C28H23F3N4O2. The number of nitrogens with zero attached hydrogens (tertiary/aromatic N) is 4. The molecule has 0 amide bonds. The van der Waals surface area contributed by atoms with E-state index in [0.29, 0.717) is 36.5 Å². The Morgan fingerprint density at radius 3 is 2.54 bits per heavy atom. The van der Waals surface area contributed by atoms with Crippen LogP contribution in [0.3, 0.4) is 0 Å². The van der Waals surface area contributed by atoms with Crippen LogP contribution in [0.15, 0.2) is 72.9 Å². The van der Waals surface area contributed by atoms with Gasteiger partial charge in [0, 0.05) is 48.9 Å². The summed E-state index contributed by atoms with van der Waals surface area (Å²) in [5.74, 6) is 0.0261. The number of aromatic nitrogens is 3. The van der Waals surface area contributed by atoms with E-state index < -0.39 is 17.7 Å². The van der Waals surface area contributed by atoms with Crippen molar-refractivity contribution in [2.75, 3.05) is 13.7 Å². The Labute approximate surface area is 211 Å². The Kier molecular flexibility index (Phi) is 6.71. The van der Waals surface area contributed by atoms with Gasteiger partial charge in [-0.25, -0.2) is 14.8 Å². The van der Waals surface area contributed by atoms with Gasteiger partial charge >= 0.3 is 12.1 Å². The zero-order chi connectivity index (χ0) is 26.0. The number of methoxy groups -OCH3 is 1. The molecule has 1 aliphatic heterocycles. The molecule has 0 N–H and O–H groups in total. The fraction of sp³-hybridized carbons (Fsp3) is 0.214. The normalized spacial score (nSPS) is 13.7. The van der Waals surface area contributed by atoms with E-state index in [1.807, 2.05) is 24.3 Å². The van der Waals surface area contributed by atoms with Gasteiger partial charge in [0.2, 0.25) is 0 Å². The maximum atomic E-state index is 12.8. The Morgan fingerprint density at radius 1 is 1.00 bits per heavy atom. The average Bonchev–Trinajstić information content (AvgIpc) is 2.92. The zero-order valence-corrected chi connectivity index (χ0v) is 20.0. The molecule has 1 aliphatic rings. The van der Waals surface area contributed by atoms with Crippen molar-refractivity contribution in [3.63, 3.8) is 0 Å². The summed E-state index contributed by atoms with van der Waals surface area (Å²) >= 11 is 0. The average molecular weight is 505 g/mol. The van der Waals surface area contributed by atoms with E-state index in [2.05, 4.69) is 14.9 Å². The SMILES string of the molecule is COC(=O)c1cccc(-c2cccc(CN3CCc4nc(-c5ccc(C(F)(F)F)cc5)ncc4C3)n2)c1. The fourth-order valence-electron chi connectivity index (χ4n) is 4.34. The first-order valence-electron chi connectivity index (χ1n) is 11.7. The third-order valence-electron chi connectivity index (χ3n) is 6.26. The van der Waals surface area contributed by atoms with Crippen molar-refractivity contribution in [2.24, 2.45) is 0 Å². The van der Waals surface area contributed by atoms with E-state index in [9.17, 15) is 18.0 Å². The molecule has 0 aliphatic carbocycles. The van der Waals surface area contributed by atoms with Gasteiger partial charge in [-0.1, -0.05) is 30.3 Å². The molecule has 2 aromatic carbocycles. The summed E-state index contributed by atoms with van der Waals surface area (Å²) < 4.78 is 43.4. The van der Waals surface area contributed by atoms with Gasteiger partial charge in [0.15, 0.2) is 5.82 Å². The van der Waals surface area contributed by atoms with Crippen LogP contribution in [0.2, 0.25) is 0 Å².